The van der Waals surface area contributed by atoms with Crippen molar-refractivity contribution < 1.29 is 23.9 Å². The summed E-state index contributed by atoms with van der Waals surface area (Å²) < 4.78 is 10.2. The molecule has 3 aromatic carbocycles. The Morgan fingerprint density at radius 1 is 0.879 bits per heavy atom. The fourth-order valence-corrected chi connectivity index (χ4v) is 4.04. The Kier molecular flexibility index (Phi) is 6.40. The van der Waals surface area contributed by atoms with Crippen LogP contribution in [0.2, 0.25) is 0 Å². The third kappa shape index (κ3) is 4.57. The Labute approximate surface area is 191 Å². The summed E-state index contributed by atoms with van der Waals surface area (Å²) in [5.74, 6) is -1.14. The molecule has 4 rings (SSSR count). The number of methoxy groups -OCH3 is 1. The second-order valence-electron chi connectivity index (χ2n) is 7.71. The molecule has 2 amide bonds. The Bertz CT molecular complexity index is 1160. The Balaban J connectivity index is 1.45. The van der Waals surface area contributed by atoms with E-state index in [1.54, 1.807) is 24.3 Å². The van der Waals surface area contributed by atoms with Gasteiger partial charge in [-0.25, -0.2) is 9.59 Å². The normalized spacial score (nSPS) is 12.8. The maximum absolute atomic E-state index is 12.6. The topological polar surface area (TPSA) is 93.7 Å². The van der Waals surface area contributed by atoms with Crippen molar-refractivity contribution in [2.24, 2.45) is 0 Å². The van der Waals surface area contributed by atoms with Gasteiger partial charge in [-0.1, -0.05) is 60.7 Å². The molecule has 0 aliphatic heterocycles. The van der Waals surface area contributed by atoms with Crippen LogP contribution in [0, 0.1) is 0 Å². The van der Waals surface area contributed by atoms with Crippen molar-refractivity contribution in [3.05, 3.63) is 89.5 Å². The van der Waals surface area contributed by atoms with Crippen LogP contribution in [0.25, 0.3) is 11.1 Å². The Morgan fingerprint density at radius 3 is 2.09 bits per heavy atom. The molecular formula is C26H24N2O5. The first-order valence-corrected chi connectivity index (χ1v) is 10.6. The van der Waals surface area contributed by atoms with Crippen molar-refractivity contribution in [1.29, 1.82) is 0 Å². The van der Waals surface area contributed by atoms with Gasteiger partial charge in [0.2, 0.25) is 0 Å². The first-order valence-electron chi connectivity index (χ1n) is 10.6. The summed E-state index contributed by atoms with van der Waals surface area (Å²) in [6.07, 6.45) is -0.668. The van der Waals surface area contributed by atoms with Gasteiger partial charge in [0, 0.05) is 5.92 Å². The molecule has 0 heterocycles. The molecule has 3 aromatic rings. The molecule has 0 fully saturated rings. The van der Waals surface area contributed by atoms with Gasteiger partial charge in [0.15, 0.2) is 0 Å². The molecule has 2 N–H and O–H groups in total. The summed E-state index contributed by atoms with van der Waals surface area (Å²) >= 11 is 0. The largest absolute Gasteiger partial charge is 0.467 e. The van der Waals surface area contributed by atoms with Crippen LogP contribution in [0.1, 0.15) is 34.3 Å². The molecule has 0 radical (unpaired) electrons. The Morgan fingerprint density at radius 2 is 1.45 bits per heavy atom. The van der Waals surface area contributed by atoms with Gasteiger partial charge in [-0.3, -0.25) is 10.1 Å². The molecule has 1 aliphatic carbocycles. The number of rotatable bonds is 6. The first kappa shape index (κ1) is 22.1. The first-order chi connectivity index (χ1) is 16.0. The number of anilines is 1. The van der Waals surface area contributed by atoms with Crippen LogP contribution in [-0.2, 0) is 14.3 Å². The third-order valence-corrected chi connectivity index (χ3v) is 5.65. The van der Waals surface area contributed by atoms with Crippen molar-refractivity contribution in [3.8, 4) is 11.1 Å². The van der Waals surface area contributed by atoms with E-state index in [0.717, 1.165) is 22.3 Å². The van der Waals surface area contributed by atoms with E-state index in [1.165, 1.54) is 14.0 Å². The fourth-order valence-electron chi connectivity index (χ4n) is 4.04. The predicted molar refractivity (Wildman–Crippen MR) is 124 cm³/mol. The second-order valence-corrected chi connectivity index (χ2v) is 7.71. The van der Waals surface area contributed by atoms with Crippen LogP contribution >= 0.6 is 0 Å². The van der Waals surface area contributed by atoms with Crippen LogP contribution in [0.15, 0.2) is 72.8 Å². The monoisotopic (exact) mass is 444 g/mol. The standard InChI is InChI=1S/C26H24N2O5/c1-16(25(30)32-2)27-24(29)21-13-7-8-14-23(21)28-26(31)33-15-22-19-11-5-3-9-17(19)18-10-4-6-12-20(18)22/h3-14,16,22H,15H2,1-2H3,(H,27,29)(H,28,31)/t16-/m1/s1. The van der Waals surface area contributed by atoms with Gasteiger partial charge < -0.3 is 14.8 Å². The van der Waals surface area contributed by atoms with Gasteiger partial charge in [0.1, 0.15) is 12.6 Å². The highest BCUT2D eigenvalue weighted by molar-refractivity contribution is 6.03. The van der Waals surface area contributed by atoms with E-state index in [0.29, 0.717) is 0 Å². The lowest BCUT2D eigenvalue weighted by atomic mass is 9.98. The summed E-state index contributed by atoms with van der Waals surface area (Å²) in [7, 11) is 1.25. The number of ether oxygens (including phenoxy) is 2. The molecule has 1 aliphatic rings. The summed E-state index contributed by atoms with van der Waals surface area (Å²) in [6, 6.07) is 21.8. The van der Waals surface area contributed by atoms with E-state index in [2.05, 4.69) is 27.5 Å². The van der Waals surface area contributed by atoms with Crippen molar-refractivity contribution in [2.45, 2.75) is 18.9 Å². The van der Waals surface area contributed by atoms with Crippen LogP contribution in [-0.4, -0.2) is 37.7 Å². The zero-order chi connectivity index (χ0) is 23.4. The number of hydrogen-bond acceptors (Lipinski definition) is 5. The molecule has 0 saturated carbocycles. The van der Waals surface area contributed by atoms with E-state index < -0.39 is 24.0 Å². The van der Waals surface area contributed by atoms with Gasteiger partial charge in [0.05, 0.1) is 18.4 Å². The van der Waals surface area contributed by atoms with Gasteiger partial charge in [-0.15, -0.1) is 0 Å². The maximum Gasteiger partial charge on any atom is 0.411 e. The molecule has 7 nitrogen and oxygen atoms in total. The van der Waals surface area contributed by atoms with E-state index in [4.69, 9.17) is 4.74 Å². The predicted octanol–water partition coefficient (Wildman–Crippen LogP) is 4.34. The summed E-state index contributed by atoms with van der Waals surface area (Å²) in [5.41, 5.74) is 5.00. The van der Waals surface area contributed by atoms with Crippen LogP contribution in [0.5, 0.6) is 0 Å². The lowest BCUT2D eigenvalue weighted by Gasteiger charge is -2.16. The highest BCUT2D eigenvalue weighted by atomic mass is 16.5. The van der Waals surface area contributed by atoms with Crippen molar-refractivity contribution >= 4 is 23.7 Å². The summed E-state index contributed by atoms with van der Waals surface area (Å²) in [6.45, 7) is 1.68. The number of amides is 2. The second kappa shape index (κ2) is 9.56. The third-order valence-electron chi connectivity index (χ3n) is 5.65. The Hall–Kier alpha value is -4.13. The molecule has 0 saturated heterocycles. The molecule has 0 bridgehead atoms. The van der Waals surface area contributed by atoms with Crippen molar-refractivity contribution in [2.75, 3.05) is 19.0 Å². The molecule has 0 aromatic heterocycles. The molecule has 1 atom stereocenters. The minimum absolute atomic E-state index is 0.0670. The van der Waals surface area contributed by atoms with Gasteiger partial charge in [-0.05, 0) is 41.3 Å². The number of fused-ring (bicyclic) bond motifs is 3. The van der Waals surface area contributed by atoms with Crippen molar-refractivity contribution in [3.63, 3.8) is 0 Å². The number of benzene rings is 3. The number of esters is 1. The minimum Gasteiger partial charge on any atom is -0.467 e. The SMILES string of the molecule is COC(=O)[C@@H](C)NC(=O)c1ccccc1NC(=O)OCC1c2ccccc2-c2ccccc21. The van der Waals surface area contributed by atoms with Gasteiger partial charge >= 0.3 is 12.1 Å². The molecule has 168 valence electrons. The van der Waals surface area contributed by atoms with Crippen LogP contribution in [0.4, 0.5) is 10.5 Å². The van der Waals surface area contributed by atoms with Gasteiger partial charge in [0.25, 0.3) is 5.91 Å². The molecule has 33 heavy (non-hydrogen) atoms. The van der Waals surface area contributed by atoms with E-state index in [-0.39, 0.29) is 23.8 Å². The van der Waals surface area contributed by atoms with E-state index in [9.17, 15) is 14.4 Å². The highest BCUT2D eigenvalue weighted by Gasteiger charge is 2.29. The molecule has 7 heteroatoms. The average molecular weight is 444 g/mol. The molecule has 0 spiro atoms. The maximum atomic E-state index is 12.6. The lowest BCUT2D eigenvalue weighted by Crippen LogP contribution is -2.39. The molecular weight excluding hydrogens is 420 g/mol. The quantitative estimate of drug-likeness (QED) is 0.552. The summed E-state index contributed by atoms with van der Waals surface area (Å²) in [4.78, 5) is 36.8. The average Bonchev–Trinajstić information content (AvgIpc) is 3.16. The number of carbonyl (C=O) groups excluding carboxylic acids is 3. The molecule has 0 unspecified atom stereocenters. The number of nitrogens with one attached hydrogen (secondary N) is 2. The number of hydrogen-bond donors (Lipinski definition) is 2. The van der Waals surface area contributed by atoms with Crippen LogP contribution < -0.4 is 10.6 Å². The number of carbonyl (C=O) groups is 3. The van der Waals surface area contributed by atoms with E-state index in [1.807, 2.05) is 36.4 Å². The summed E-state index contributed by atoms with van der Waals surface area (Å²) in [5, 5.41) is 5.20. The van der Waals surface area contributed by atoms with Gasteiger partial charge in [-0.2, -0.15) is 0 Å². The fraction of sp³-hybridized carbons (Fsp3) is 0.192. The van der Waals surface area contributed by atoms with Crippen molar-refractivity contribution in [1.82, 2.24) is 5.32 Å². The lowest BCUT2D eigenvalue weighted by molar-refractivity contribution is -0.142. The zero-order valence-electron chi connectivity index (χ0n) is 18.3. The smallest absolute Gasteiger partial charge is 0.411 e. The zero-order valence-corrected chi connectivity index (χ0v) is 18.3. The number of para-hydroxylation sites is 1. The minimum atomic E-state index is -0.829. The van der Waals surface area contributed by atoms with E-state index >= 15 is 0 Å². The highest BCUT2D eigenvalue weighted by Crippen LogP contribution is 2.44. The van der Waals surface area contributed by atoms with Crippen LogP contribution in [0.3, 0.4) is 0 Å².